The third-order valence-electron chi connectivity index (χ3n) is 4.24. The summed E-state index contributed by atoms with van der Waals surface area (Å²) in [7, 11) is -3.18. The van der Waals surface area contributed by atoms with Crippen molar-refractivity contribution in [2.24, 2.45) is 5.92 Å². The van der Waals surface area contributed by atoms with E-state index in [0.717, 1.165) is 49.4 Å². The highest BCUT2D eigenvalue weighted by atomic mass is 79.9. The number of nitrogens with one attached hydrogen (secondary N) is 1. The first-order valence-corrected chi connectivity index (χ1v) is 10.4. The van der Waals surface area contributed by atoms with Gasteiger partial charge in [-0.2, -0.15) is 0 Å². The Hall–Kier alpha value is -0.430. The molecule has 0 saturated carbocycles. The molecule has 1 aliphatic rings. The molecule has 2 rings (SSSR count). The number of likely N-dealkylation sites (tertiary alicyclic amines) is 1. The second kappa shape index (κ2) is 8.43. The summed E-state index contributed by atoms with van der Waals surface area (Å²) in [4.78, 5) is 2.69. The predicted octanol–water partition coefficient (Wildman–Crippen LogP) is 2.54. The maximum absolute atomic E-state index is 12.3. The van der Waals surface area contributed by atoms with Gasteiger partial charge in [-0.3, -0.25) is 0 Å². The largest absolute Gasteiger partial charge is 0.317 e. The van der Waals surface area contributed by atoms with Gasteiger partial charge in [-0.05, 0) is 69.2 Å². The predicted molar refractivity (Wildman–Crippen MR) is 93.9 cm³/mol. The maximum atomic E-state index is 12.3. The fraction of sp³-hybridized carbons (Fsp3) is 0.625. The minimum atomic E-state index is -3.18. The van der Waals surface area contributed by atoms with Gasteiger partial charge in [0.15, 0.2) is 9.84 Å². The van der Waals surface area contributed by atoms with Gasteiger partial charge >= 0.3 is 0 Å². The van der Waals surface area contributed by atoms with Crippen LogP contribution in [0.2, 0.25) is 0 Å². The highest BCUT2D eigenvalue weighted by molar-refractivity contribution is 9.10. The molecule has 1 aromatic rings. The van der Waals surface area contributed by atoms with E-state index >= 15 is 0 Å². The molecule has 6 heteroatoms. The number of halogens is 1. The zero-order valence-electron chi connectivity index (χ0n) is 13.1. The van der Waals surface area contributed by atoms with Crippen LogP contribution in [0.25, 0.3) is 0 Å². The van der Waals surface area contributed by atoms with E-state index in [9.17, 15) is 8.42 Å². The summed E-state index contributed by atoms with van der Waals surface area (Å²) >= 11 is 3.33. The summed E-state index contributed by atoms with van der Waals surface area (Å²) in [5.41, 5.74) is 0. The average molecular weight is 389 g/mol. The molecule has 0 bridgehead atoms. The third kappa shape index (κ3) is 5.33. The Morgan fingerprint density at radius 3 is 2.45 bits per heavy atom. The van der Waals surface area contributed by atoms with Crippen molar-refractivity contribution in [2.75, 3.05) is 38.5 Å². The summed E-state index contributed by atoms with van der Waals surface area (Å²) in [5.74, 6) is 0.936. The van der Waals surface area contributed by atoms with Crippen molar-refractivity contribution in [3.63, 3.8) is 0 Å². The van der Waals surface area contributed by atoms with Crippen LogP contribution in [0.1, 0.15) is 19.8 Å². The van der Waals surface area contributed by atoms with E-state index in [1.165, 1.54) is 0 Å². The number of sulfone groups is 1. The molecule has 0 amide bonds. The Bertz CT molecular complexity index is 552. The lowest BCUT2D eigenvalue weighted by atomic mass is 9.97. The van der Waals surface area contributed by atoms with Crippen LogP contribution in [0, 0.1) is 5.92 Å². The van der Waals surface area contributed by atoms with Crippen molar-refractivity contribution in [1.82, 2.24) is 10.2 Å². The van der Waals surface area contributed by atoms with E-state index < -0.39 is 9.84 Å². The zero-order valence-corrected chi connectivity index (χ0v) is 15.5. The summed E-state index contributed by atoms with van der Waals surface area (Å²) in [6, 6.07) is 6.89. The van der Waals surface area contributed by atoms with Crippen LogP contribution in [0.5, 0.6) is 0 Å². The lowest BCUT2D eigenvalue weighted by Gasteiger charge is -2.31. The molecular formula is C16H25BrN2O2S. The molecule has 124 valence electrons. The van der Waals surface area contributed by atoms with Crippen molar-refractivity contribution < 1.29 is 8.42 Å². The van der Waals surface area contributed by atoms with E-state index in [1.807, 2.05) is 0 Å². The molecule has 1 fully saturated rings. The zero-order chi connectivity index (χ0) is 16.0. The summed E-state index contributed by atoms with van der Waals surface area (Å²) in [6.45, 7) is 6.87. The second-order valence-electron chi connectivity index (χ2n) is 5.87. The number of benzene rings is 1. The quantitative estimate of drug-likeness (QED) is 0.779. The molecule has 0 spiro atoms. The second-order valence-corrected chi connectivity index (χ2v) is 8.89. The van der Waals surface area contributed by atoms with Gasteiger partial charge in [0.2, 0.25) is 0 Å². The molecule has 0 radical (unpaired) electrons. The minimum absolute atomic E-state index is 0.201. The number of piperidine rings is 1. The first-order chi connectivity index (χ1) is 10.5. The highest BCUT2D eigenvalue weighted by Gasteiger charge is 2.21. The fourth-order valence-corrected chi connectivity index (χ4v) is 4.32. The minimum Gasteiger partial charge on any atom is -0.317 e. The monoisotopic (exact) mass is 388 g/mol. The van der Waals surface area contributed by atoms with Gasteiger partial charge in [0.05, 0.1) is 10.6 Å². The number of hydrogen-bond donors (Lipinski definition) is 1. The Morgan fingerprint density at radius 2 is 1.86 bits per heavy atom. The Balaban J connectivity index is 1.79. The van der Waals surface area contributed by atoms with Crippen molar-refractivity contribution in [1.29, 1.82) is 0 Å². The van der Waals surface area contributed by atoms with Crippen LogP contribution in [-0.4, -0.2) is 51.8 Å². The molecule has 1 saturated heterocycles. The van der Waals surface area contributed by atoms with Crippen LogP contribution in [0.15, 0.2) is 33.6 Å². The molecule has 0 unspecified atom stereocenters. The standard InChI is InChI=1S/C16H25BrN2O2S/c1-2-18-13-14-7-9-19(10-8-14)11-12-22(20,21)16-5-3-15(17)4-6-16/h3-6,14,18H,2,7-13H2,1H3. The SMILES string of the molecule is CCNCC1CCN(CCS(=O)(=O)c2ccc(Br)cc2)CC1. The molecule has 0 aromatic heterocycles. The maximum Gasteiger partial charge on any atom is 0.179 e. The van der Waals surface area contributed by atoms with E-state index in [1.54, 1.807) is 24.3 Å². The number of rotatable bonds is 7. The molecule has 4 nitrogen and oxygen atoms in total. The third-order valence-corrected chi connectivity index (χ3v) is 6.48. The summed E-state index contributed by atoms with van der Waals surface area (Å²) < 4.78 is 25.6. The van der Waals surface area contributed by atoms with Crippen LogP contribution in [-0.2, 0) is 9.84 Å². The summed E-state index contributed by atoms with van der Waals surface area (Å²) in [5, 5.41) is 3.40. The first kappa shape index (κ1) is 17.9. The van der Waals surface area contributed by atoms with E-state index in [4.69, 9.17) is 0 Å². The topological polar surface area (TPSA) is 49.4 Å². The molecule has 1 heterocycles. The van der Waals surface area contributed by atoms with Gasteiger partial charge in [0.1, 0.15) is 0 Å². The Kier molecular flexibility index (Phi) is 6.87. The van der Waals surface area contributed by atoms with Gasteiger partial charge in [-0.25, -0.2) is 8.42 Å². The lowest BCUT2D eigenvalue weighted by Crippen LogP contribution is -2.39. The highest BCUT2D eigenvalue weighted by Crippen LogP contribution is 2.18. The number of nitrogens with zero attached hydrogens (tertiary/aromatic N) is 1. The molecule has 1 N–H and O–H groups in total. The van der Waals surface area contributed by atoms with Gasteiger partial charge < -0.3 is 10.2 Å². The van der Waals surface area contributed by atoms with Gasteiger partial charge in [-0.1, -0.05) is 22.9 Å². The average Bonchev–Trinajstić information content (AvgIpc) is 2.52. The molecule has 22 heavy (non-hydrogen) atoms. The molecular weight excluding hydrogens is 364 g/mol. The van der Waals surface area contributed by atoms with Crippen molar-refractivity contribution in [3.8, 4) is 0 Å². The van der Waals surface area contributed by atoms with Gasteiger partial charge in [0.25, 0.3) is 0 Å². The van der Waals surface area contributed by atoms with Crippen LogP contribution in [0.3, 0.4) is 0 Å². The van der Waals surface area contributed by atoms with Gasteiger partial charge in [0, 0.05) is 11.0 Å². The first-order valence-electron chi connectivity index (χ1n) is 7.92. The van der Waals surface area contributed by atoms with Crippen molar-refractivity contribution >= 4 is 25.8 Å². The van der Waals surface area contributed by atoms with Crippen LogP contribution >= 0.6 is 15.9 Å². The smallest absolute Gasteiger partial charge is 0.179 e. The number of hydrogen-bond acceptors (Lipinski definition) is 4. The fourth-order valence-electron chi connectivity index (χ4n) is 2.77. The van der Waals surface area contributed by atoms with Crippen molar-refractivity contribution in [2.45, 2.75) is 24.7 Å². The van der Waals surface area contributed by atoms with Crippen molar-refractivity contribution in [3.05, 3.63) is 28.7 Å². The molecule has 1 aromatic carbocycles. The van der Waals surface area contributed by atoms with Gasteiger partial charge in [-0.15, -0.1) is 0 Å². The molecule has 1 aliphatic heterocycles. The molecule has 0 aliphatic carbocycles. The normalized spacial score (nSPS) is 17.7. The van der Waals surface area contributed by atoms with E-state index in [2.05, 4.69) is 33.1 Å². The lowest BCUT2D eigenvalue weighted by molar-refractivity contribution is 0.191. The van der Waals surface area contributed by atoms with E-state index in [-0.39, 0.29) is 5.75 Å². The summed E-state index contributed by atoms with van der Waals surface area (Å²) in [6.07, 6.45) is 2.32. The van der Waals surface area contributed by atoms with Crippen LogP contribution in [0.4, 0.5) is 0 Å². The molecule has 0 atom stereocenters. The Labute approximate surface area is 142 Å². The van der Waals surface area contributed by atoms with E-state index in [0.29, 0.717) is 11.4 Å². The Morgan fingerprint density at radius 1 is 1.23 bits per heavy atom. The van der Waals surface area contributed by atoms with Crippen LogP contribution < -0.4 is 5.32 Å².